The second-order valence-corrected chi connectivity index (χ2v) is 9.34. The number of aliphatic hydroxyl groups excluding tert-OH is 5. The first-order valence-electron chi connectivity index (χ1n) is 10.8. The smallest absolute Gasteiger partial charge is 0.160 e. The van der Waals surface area contributed by atoms with Crippen LogP contribution in [0.2, 0.25) is 0 Å². The number of nitrogens with zero attached hydrogens (tertiary/aromatic N) is 1. The molecule has 1 heterocycles. The van der Waals surface area contributed by atoms with Crippen LogP contribution in [0.15, 0.2) is 0 Å². The van der Waals surface area contributed by atoms with E-state index in [0.717, 1.165) is 12.8 Å². The molecule has 166 valence electrons. The van der Waals surface area contributed by atoms with Crippen LogP contribution in [0, 0.1) is 17.8 Å². The molecule has 2 aliphatic rings. The van der Waals surface area contributed by atoms with Crippen molar-refractivity contribution >= 4 is 0 Å². The molecule has 6 unspecified atom stereocenters. The molecule has 5 N–H and O–H groups in total. The quantitative estimate of drug-likeness (QED) is 0.438. The maximum absolute atomic E-state index is 10.8. The molecule has 10 atom stereocenters. The largest absolute Gasteiger partial charge is 0.393 e. The Labute approximate surface area is 169 Å². The van der Waals surface area contributed by atoms with Crippen molar-refractivity contribution < 1.29 is 30.3 Å². The van der Waals surface area contributed by atoms with E-state index in [9.17, 15) is 25.5 Å². The molecule has 28 heavy (non-hydrogen) atoms. The van der Waals surface area contributed by atoms with Crippen molar-refractivity contribution in [3.63, 3.8) is 0 Å². The van der Waals surface area contributed by atoms with Crippen LogP contribution in [0.25, 0.3) is 0 Å². The Kier molecular flexibility index (Phi) is 9.13. The van der Waals surface area contributed by atoms with Crippen molar-refractivity contribution in [2.75, 3.05) is 14.1 Å². The summed E-state index contributed by atoms with van der Waals surface area (Å²) in [7, 11) is 4.00. The summed E-state index contributed by atoms with van der Waals surface area (Å²) >= 11 is 0. The lowest BCUT2D eigenvalue weighted by Gasteiger charge is -2.44. The number of fused-ring (bicyclic) bond motifs is 1. The third-order valence-corrected chi connectivity index (χ3v) is 7.07. The summed E-state index contributed by atoms with van der Waals surface area (Å²) in [6, 6.07) is 0.232. The van der Waals surface area contributed by atoms with Gasteiger partial charge >= 0.3 is 0 Å². The highest BCUT2D eigenvalue weighted by molar-refractivity contribution is 4.91. The average Bonchev–Trinajstić information content (AvgIpc) is 2.63. The van der Waals surface area contributed by atoms with Crippen LogP contribution in [-0.4, -0.2) is 87.4 Å². The van der Waals surface area contributed by atoms with Crippen molar-refractivity contribution in [2.24, 2.45) is 17.8 Å². The molecule has 2 fully saturated rings. The number of hydrogen-bond acceptors (Lipinski definition) is 7. The first-order chi connectivity index (χ1) is 13.1. The summed E-state index contributed by atoms with van der Waals surface area (Å²) in [6.07, 6.45) is -0.847. The second kappa shape index (κ2) is 10.7. The highest BCUT2D eigenvalue weighted by atomic mass is 16.6. The number of rotatable bonds is 1. The standard InChI is InChI=1S/C21H41NO6/c1-12-8-9-17(24)20(26)16(23)7-5-6-14-10-15(22(3)4)11-18(25)19(14)21(27)28-13(12)2/h12-21,23-27H,5-11H2,1-4H3/t12-,13+,14?,15?,16+,17?,18?,19?,20+,21?/m1/s1. The van der Waals surface area contributed by atoms with Crippen molar-refractivity contribution in [3.8, 4) is 0 Å². The van der Waals surface area contributed by atoms with E-state index in [1.807, 2.05) is 27.9 Å². The Hall–Kier alpha value is -0.280. The van der Waals surface area contributed by atoms with Gasteiger partial charge in [0.1, 0.15) is 6.10 Å². The normalized spacial score (nSPS) is 47.4. The minimum atomic E-state index is -1.15. The molecule has 0 amide bonds. The van der Waals surface area contributed by atoms with Gasteiger partial charge in [-0.2, -0.15) is 0 Å². The maximum atomic E-state index is 10.8. The number of ether oxygens (including phenoxy) is 1. The first kappa shape index (κ1) is 24.0. The number of aliphatic hydroxyl groups is 5. The topological polar surface area (TPSA) is 114 Å². The molecular weight excluding hydrogens is 362 g/mol. The van der Waals surface area contributed by atoms with Crippen LogP contribution in [0.1, 0.15) is 58.8 Å². The first-order valence-corrected chi connectivity index (χ1v) is 10.8. The predicted octanol–water partition coefficient (Wildman–Crippen LogP) is 0.710. The third-order valence-electron chi connectivity index (χ3n) is 7.07. The number of hydrogen-bond donors (Lipinski definition) is 5. The van der Waals surface area contributed by atoms with Gasteiger partial charge in [0.25, 0.3) is 0 Å². The van der Waals surface area contributed by atoms with Gasteiger partial charge in [-0.25, -0.2) is 0 Å². The monoisotopic (exact) mass is 403 g/mol. The molecule has 0 spiro atoms. The van der Waals surface area contributed by atoms with E-state index in [1.54, 1.807) is 0 Å². The Morgan fingerprint density at radius 2 is 1.43 bits per heavy atom. The van der Waals surface area contributed by atoms with Crippen molar-refractivity contribution in [1.29, 1.82) is 0 Å². The fraction of sp³-hybridized carbons (Fsp3) is 1.00. The van der Waals surface area contributed by atoms with Crippen molar-refractivity contribution in [2.45, 2.75) is 102 Å². The van der Waals surface area contributed by atoms with E-state index < -0.39 is 30.7 Å². The summed E-state index contributed by atoms with van der Waals surface area (Å²) in [4.78, 5) is 2.11. The molecule has 7 heteroatoms. The summed E-state index contributed by atoms with van der Waals surface area (Å²) in [5.74, 6) is -0.238. The Morgan fingerprint density at radius 3 is 2.07 bits per heavy atom. The molecule has 2 rings (SSSR count). The third kappa shape index (κ3) is 6.11. The van der Waals surface area contributed by atoms with E-state index in [-0.39, 0.29) is 29.9 Å². The fourth-order valence-corrected chi connectivity index (χ4v) is 4.81. The van der Waals surface area contributed by atoms with Gasteiger partial charge in [-0.1, -0.05) is 13.3 Å². The van der Waals surface area contributed by atoms with Gasteiger partial charge < -0.3 is 35.2 Å². The van der Waals surface area contributed by atoms with Crippen LogP contribution in [0.3, 0.4) is 0 Å². The van der Waals surface area contributed by atoms with E-state index in [2.05, 4.69) is 4.90 Å². The highest BCUT2D eigenvalue weighted by Gasteiger charge is 2.42. The van der Waals surface area contributed by atoms with Gasteiger partial charge in [0.15, 0.2) is 6.29 Å². The minimum Gasteiger partial charge on any atom is -0.393 e. The van der Waals surface area contributed by atoms with Gasteiger partial charge in [-0.15, -0.1) is 0 Å². The van der Waals surface area contributed by atoms with E-state index >= 15 is 0 Å². The molecule has 1 saturated carbocycles. The van der Waals surface area contributed by atoms with Crippen LogP contribution >= 0.6 is 0 Å². The van der Waals surface area contributed by atoms with Crippen LogP contribution in [-0.2, 0) is 4.74 Å². The molecule has 7 nitrogen and oxygen atoms in total. The molecular formula is C21H41NO6. The van der Waals surface area contributed by atoms with Gasteiger partial charge in [0.2, 0.25) is 0 Å². The van der Waals surface area contributed by atoms with Crippen LogP contribution in [0.4, 0.5) is 0 Å². The molecule has 1 aliphatic carbocycles. The lowest BCUT2D eigenvalue weighted by Crippen LogP contribution is -2.50. The van der Waals surface area contributed by atoms with Crippen LogP contribution < -0.4 is 0 Å². The summed E-state index contributed by atoms with van der Waals surface area (Å²) in [5.41, 5.74) is 0. The minimum absolute atomic E-state index is 0.0605. The summed E-state index contributed by atoms with van der Waals surface area (Å²) in [6.45, 7) is 3.87. The van der Waals surface area contributed by atoms with Crippen LogP contribution in [0.5, 0.6) is 0 Å². The lowest BCUT2D eigenvalue weighted by molar-refractivity contribution is -0.213. The van der Waals surface area contributed by atoms with Crippen molar-refractivity contribution in [3.05, 3.63) is 0 Å². The van der Waals surface area contributed by atoms with Gasteiger partial charge in [-0.3, -0.25) is 0 Å². The van der Waals surface area contributed by atoms with E-state index in [1.165, 1.54) is 0 Å². The average molecular weight is 404 g/mol. The molecule has 1 saturated heterocycles. The molecule has 0 aromatic rings. The zero-order valence-electron chi connectivity index (χ0n) is 17.8. The molecule has 0 aromatic heterocycles. The molecule has 0 radical (unpaired) electrons. The Bertz CT molecular complexity index is 464. The summed E-state index contributed by atoms with van der Waals surface area (Å²) in [5, 5.41) is 52.3. The Balaban J connectivity index is 2.18. The summed E-state index contributed by atoms with van der Waals surface area (Å²) < 4.78 is 5.91. The highest BCUT2D eigenvalue weighted by Crippen LogP contribution is 2.39. The Morgan fingerprint density at radius 1 is 0.786 bits per heavy atom. The van der Waals surface area contributed by atoms with E-state index in [0.29, 0.717) is 32.1 Å². The maximum Gasteiger partial charge on any atom is 0.160 e. The predicted molar refractivity (Wildman–Crippen MR) is 107 cm³/mol. The molecule has 0 aromatic carbocycles. The SMILES string of the molecule is C[C@@H]1CCC(O)[C@@H](O)[C@@H](O)CCCC2CC(N(C)C)CC(O)C2C(O)O[C@H]1C. The van der Waals surface area contributed by atoms with Gasteiger partial charge in [0.05, 0.1) is 24.4 Å². The molecule has 0 bridgehead atoms. The van der Waals surface area contributed by atoms with E-state index in [4.69, 9.17) is 4.74 Å². The van der Waals surface area contributed by atoms with Gasteiger partial charge in [0, 0.05) is 12.0 Å². The lowest BCUT2D eigenvalue weighted by atomic mass is 9.72. The zero-order valence-corrected chi connectivity index (χ0v) is 17.8. The second-order valence-electron chi connectivity index (χ2n) is 9.34. The van der Waals surface area contributed by atoms with Crippen molar-refractivity contribution in [1.82, 2.24) is 4.90 Å². The fourth-order valence-electron chi connectivity index (χ4n) is 4.81. The molecule has 1 aliphatic heterocycles. The van der Waals surface area contributed by atoms with Gasteiger partial charge in [-0.05, 0) is 71.4 Å². The zero-order chi connectivity index (χ0) is 21.0.